The van der Waals surface area contributed by atoms with Gasteiger partial charge in [-0.1, -0.05) is 0 Å². The van der Waals surface area contributed by atoms with Crippen molar-refractivity contribution in [1.82, 2.24) is 4.98 Å². The Bertz CT molecular complexity index is 256. The van der Waals surface area contributed by atoms with Crippen LogP contribution in [0.15, 0.2) is 18.3 Å². The Morgan fingerprint density at radius 3 is 2.92 bits per heavy atom. The van der Waals surface area contributed by atoms with Gasteiger partial charge in [-0.2, -0.15) is 0 Å². The second-order valence-electron chi connectivity index (χ2n) is 3.17. The molecule has 1 aliphatic rings. The van der Waals surface area contributed by atoms with E-state index in [-0.39, 0.29) is 0 Å². The van der Waals surface area contributed by atoms with Crippen molar-refractivity contribution in [2.45, 2.75) is 12.8 Å². The molecular formula is C9H10BNO. The van der Waals surface area contributed by atoms with E-state index in [1.165, 1.54) is 12.8 Å². The van der Waals surface area contributed by atoms with Crippen molar-refractivity contribution in [3.05, 3.63) is 18.3 Å². The van der Waals surface area contributed by atoms with Gasteiger partial charge in [-0.3, -0.25) is 4.98 Å². The first-order chi connectivity index (χ1) is 5.84. The van der Waals surface area contributed by atoms with Gasteiger partial charge >= 0.3 is 0 Å². The van der Waals surface area contributed by atoms with E-state index in [0.717, 1.165) is 18.3 Å². The van der Waals surface area contributed by atoms with E-state index in [2.05, 4.69) is 4.98 Å². The number of nitrogens with zero attached hydrogens (tertiary/aromatic N) is 1. The lowest BCUT2D eigenvalue weighted by Gasteiger charge is -2.03. The Labute approximate surface area is 73.4 Å². The molecule has 1 aliphatic carbocycles. The van der Waals surface area contributed by atoms with Crippen LogP contribution in [-0.4, -0.2) is 19.4 Å². The molecule has 0 N–H and O–H groups in total. The highest BCUT2D eigenvalue weighted by Crippen LogP contribution is 2.29. The lowest BCUT2D eigenvalue weighted by Crippen LogP contribution is -2.07. The van der Waals surface area contributed by atoms with Crippen LogP contribution in [0.2, 0.25) is 0 Å². The molecule has 1 saturated carbocycles. The highest BCUT2D eigenvalue weighted by Gasteiger charge is 2.21. The van der Waals surface area contributed by atoms with Crippen molar-refractivity contribution in [3.8, 4) is 5.75 Å². The molecule has 3 heteroatoms. The van der Waals surface area contributed by atoms with E-state index in [9.17, 15) is 0 Å². The molecule has 60 valence electrons. The third kappa shape index (κ3) is 2.00. The molecule has 0 amide bonds. The molecular weight excluding hydrogens is 149 g/mol. The molecule has 1 aromatic rings. The van der Waals surface area contributed by atoms with Gasteiger partial charge < -0.3 is 4.74 Å². The van der Waals surface area contributed by atoms with E-state index in [1.807, 2.05) is 6.07 Å². The number of pyridine rings is 1. The molecule has 2 radical (unpaired) electrons. The smallest absolute Gasteiger partial charge is 0.141 e. The fraction of sp³-hybridized carbons (Fsp3) is 0.444. The summed E-state index contributed by atoms with van der Waals surface area (Å²) in [5.74, 6) is 1.60. The van der Waals surface area contributed by atoms with Gasteiger partial charge in [-0.15, -0.1) is 0 Å². The largest absolute Gasteiger partial charge is 0.492 e. The maximum atomic E-state index is 5.47. The van der Waals surface area contributed by atoms with Crippen LogP contribution in [0.4, 0.5) is 0 Å². The molecule has 2 nitrogen and oxygen atoms in total. The molecule has 0 aromatic carbocycles. The molecule has 0 saturated heterocycles. The van der Waals surface area contributed by atoms with Crippen LogP contribution < -0.4 is 10.3 Å². The fourth-order valence-corrected chi connectivity index (χ4v) is 0.976. The van der Waals surface area contributed by atoms with Crippen LogP contribution >= 0.6 is 0 Å². The number of hydrogen-bond acceptors (Lipinski definition) is 2. The first-order valence-electron chi connectivity index (χ1n) is 4.19. The van der Waals surface area contributed by atoms with Crippen LogP contribution in [0.3, 0.4) is 0 Å². The van der Waals surface area contributed by atoms with Crippen molar-refractivity contribution in [3.63, 3.8) is 0 Å². The standard InChI is InChI=1S/C9H10BNO/c10-9-4-3-8(5-11-9)12-6-7-1-2-7/h3-5,7H,1-2,6H2. The maximum absolute atomic E-state index is 5.47. The topological polar surface area (TPSA) is 22.1 Å². The Hall–Kier alpha value is -0.985. The minimum Gasteiger partial charge on any atom is -0.492 e. The Morgan fingerprint density at radius 1 is 1.50 bits per heavy atom. The summed E-state index contributed by atoms with van der Waals surface area (Å²) < 4.78 is 5.47. The maximum Gasteiger partial charge on any atom is 0.141 e. The zero-order valence-corrected chi connectivity index (χ0v) is 6.86. The molecule has 0 bridgehead atoms. The van der Waals surface area contributed by atoms with Crippen molar-refractivity contribution in [1.29, 1.82) is 0 Å². The fourth-order valence-electron chi connectivity index (χ4n) is 0.976. The quantitative estimate of drug-likeness (QED) is 0.604. The van der Waals surface area contributed by atoms with E-state index in [4.69, 9.17) is 12.6 Å². The van der Waals surface area contributed by atoms with Crippen LogP contribution in [-0.2, 0) is 0 Å². The molecule has 1 heterocycles. The summed E-state index contributed by atoms with van der Waals surface area (Å²) in [5, 5.41) is 0. The number of ether oxygens (including phenoxy) is 1. The molecule has 12 heavy (non-hydrogen) atoms. The average molecular weight is 159 g/mol. The summed E-state index contributed by atoms with van der Waals surface area (Å²) in [6, 6.07) is 3.60. The van der Waals surface area contributed by atoms with Gasteiger partial charge in [-0.25, -0.2) is 0 Å². The van der Waals surface area contributed by atoms with Gasteiger partial charge in [0.1, 0.15) is 13.6 Å². The SMILES string of the molecule is [B]c1ccc(OCC2CC2)cn1. The zero-order valence-electron chi connectivity index (χ0n) is 6.86. The van der Waals surface area contributed by atoms with Crippen LogP contribution in [0, 0.1) is 5.92 Å². The highest BCUT2D eigenvalue weighted by molar-refractivity contribution is 6.30. The lowest BCUT2D eigenvalue weighted by molar-refractivity contribution is 0.299. The van der Waals surface area contributed by atoms with Gasteiger partial charge in [0, 0.05) is 0 Å². The minimum atomic E-state index is 0.536. The molecule has 0 aliphatic heterocycles. The van der Waals surface area contributed by atoms with Crippen LogP contribution in [0.5, 0.6) is 5.75 Å². The van der Waals surface area contributed by atoms with E-state index < -0.39 is 0 Å². The predicted octanol–water partition coefficient (Wildman–Crippen LogP) is 0.664. The first-order valence-corrected chi connectivity index (χ1v) is 4.19. The summed E-state index contributed by atoms with van der Waals surface area (Å²) >= 11 is 0. The normalized spacial score (nSPS) is 16.0. The summed E-state index contributed by atoms with van der Waals surface area (Å²) in [4.78, 5) is 3.93. The van der Waals surface area contributed by atoms with Crippen molar-refractivity contribution < 1.29 is 4.74 Å². The van der Waals surface area contributed by atoms with Gasteiger partial charge in [0.2, 0.25) is 0 Å². The number of rotatable bonds is 3. The van der Waals surface area contributed by atoms with E-state index in [0.29, 0.717) is 5.59 Å². The van der Waals surface area contributed by atoms with Crippen molar-refractivity contribution >= 4 is 13.4 Å². The van der Waals surface area contributed by atoms with Crippen LogP contribution in [0.25, 0.3) is 0 Å². The monoisotopic (exact) mass is 159 g/mol. The third-order valence-electron chi connectivity index (χ3n) is 1.94. The first kappa shape index (κ1) is 7.65. The van der Waals surface area contributed by atoms with Crippen LogP contribution in [0.1, 0.15) is 12.8 Å². The second kappa shape index (κ2) is 3.17. The summed E-state index contributed by atoms with van der Waals surface area (Å²) in [6.07, 6.45) is 4.28. The molecule has 0 spiro atoms. The van der Waals surface area contributed by atoms with Gasteiger partial charge in [-0.05, 0) is 36.5 Å². The lowest BCUT2D eigenvalue weighted by atomic mass is 10.0. The second-order valence-corrected chi connectivity index (χ2v) is 3.17. The molecule has 0 atom stereocenters. The van der Waals surface area contributed by atoms with E-state index in [1.54, 1.807) is 12.3 Å². The Balaban J connectivity index is 1.89. The summed E-state index contributed by atoms with van der Waals surface area (Å²) in [5.41, 5.74) is 0.536. The Kier molecular flexibility index (Phi) is 2.02. The molecule has 1 aromatic heterocycles. The van der Waals surface area contributed by atoms with Gasteiger partial charge in [0.25, 0.3) is 0 Å². The van der Waals surface area contributed by atoms with Crippen molar-refractivity contribution in [2.24, 2.45) is 5.92 Å². The zero-order chi connectivity index (χ0) is 8.39. The Morgan fingerprint density at radius 2 is 2.33 bits per heavy atom. The molecule has 2 rings (SSSR count). The van der Waals surface area contributed by atoms with Gasteiger partial charge in [0.05, 0.1) is 12.8 Å². The highest BCUT2D eigenvalue weighted by atomic mass is 16.5. The predicted molar refractivity (Wildman–Crippen MR) is 47.8 cm³/mol. The minimum absolute atomic E-state index is 0.536. The molecule has 0 unspecified atom stereocenters. The molecule has 1 fully saturated rings. The average Bonchev–Trinajstić information content (AvgIpc) is 2.87. The van der Waals surface area contributed by atoms with E-state index >= 15 is 0 Å². The number of aromatic nitrogens is 1. The number of hydrogen-bond donors (Lipinski definition) is 0. The van der Waals surface area contributed by atoms with Crippen molar-refractivity contribution in [2.75, 3.05) is 6.61 Å². The summed E-state index contributed by atoms with van der Waals surface area (Å²) in [6.45, 7) is 0.825. The summed E-state index contributed by atoms with van der Waals surface area (Å²) in [7, 11) is 5.43. The van der Waals surface area contributed by atoms with Gasteiger partial charge in [0.15, 0.2) is 0 Å². The third-order valence-corrected chi connectivity index (χ3v) is 1.94.